The number of carbonyl (C=O) groups excluding carboxylic acids is 1. The van der Waals surface area contributed by atoms with Gasteiger partial charge in [0.15, 0.2) is 5.78 Å². The zero-order chi connectivity index (χ0) is 20.8. The molecule has 0 fully saturated rings. The number of hydrogen-bond donors (Lipinski definition) is 0. The molecule has 0 aliphatic rings. The Morgan fingerprint density at radius 1 is 0.967 bits per heavy atom. The highest BCUT2D eigenvalue weighted by Gasteiger charge is 2.18. The zero-order valence-corrected chi connectivity index (χ0v) is 17.4. The van der Waals surface area contributed by atoms with Crippen LogP contribution in [-0.2, 0) is 0 Å². The highest BCUT2D eigenvalue weighted by molar-refractivity contribution is 7.19. The lowest BCUT2D eigenvalue weighted by Crippen LogP contribution is -2.03. The van der Waals surface area contributed by atoms with Gasteiger partial charge in [0.05, 0.1) is 22.4 Å². The van der Waals surface area contributed by atoms with Crippen molar-refractivity contribution in [1.82, 2.24) is 4.98 Å². The molecule has 0 atom stereocenters. The number of carbonyl (C=O) groups is 1. The average molecular weight is 412 g/mol. The molecule has 0 amide bonds. The van der Waals surface area contributed by atoms with Gasteiger partial charge in [0, 0.05) is 5.56 Å². The number of benzene rings is 3. The van der Waals surface area contributed by atoms with Crippen LogP contribution < -0.4 is 4.74 Å². The molecule has 3 nitrogen and oxygen atoms in total. The summed E-state index contributed by atoms with van der Waals surface area (Å²) in [6.45, 7) is 2.53. The van der Waals surface area contributed by atoms with Gasteiger partial charge < -0.3 is 4.74 Å². The molecule has 4 aromatic rings. The smallest absolute Gasteiger partial charge is 0.196 e. The highest BCUT2D eigenvalue weighted by Crippen LogP contribution is 2.29. The van der Waals surface area contributed by atoms with E-state index < -0.39 is 0 Å². The molecular formula is C26H21NO2S. The predicted molar refractivity (Wildman–Crippen MR) is 125 cm³/mol. The van der Waals surface area contributed by atoms with Crippen LogP contribution in [0.1, 0.15) is 27.9 Å². The molecule has 0 saturated heterocycles. The third-order valence-electron chi connectivity index (χ3n) is 4.55. The Morgan fingerprint density at radius 2 is 1.70 bits per heavy atom. The summed E-state index contributed by atoms with van der Waals surface area (Å²) in [5.74, 6) is 0.693. The second kappa shape index (κ2) is 9.33. The van der Waals surface area contributed by atoms with Crippen LogP contribution >= 0.6 is 11.3 Å². The van der Waals surface area contributed by atoms with E-state index in [9.17, 15) is 4.79 Å². The molecule has 4 heteroatoms. The van der Waals surface area contributed by atoms with Gasteiger partial charge >= 0.3 is 0 Å². The van der Waals surface area contributed by atoms with Crippen molar-refractivity contribution >= 4 is 39.0 Å². The van der Waals surface area contributed by atoms with Crippen molar-refractivity contribution in [1.29, 1.82) is 0 Å². The topological polar surface area (TPSA) is 39.2 Å². The Labute approximate surface area is 180 Å². The molecule has 148 valence electrons. The Kier molecular flexibility index (Phi) is 6.16. The van der Waals surface area contributed by atoms with E-state index in [1.54, 1.807) is 12.1 Å². The van der Waals surface area contributed by atoms with Crippen molar-refractivity contribution in [2.75, 3.05) is 6.61 Å². The van der Waals surface area contributed by atoms with Crippen molar-refractivity contribution in [2.24, 2.45) is 0 Å². The molecule has 0 aliphatic heterocycles. The summed E-state index contributed by atoms with van der Waals surface area (Å²) in [4.78, 5) is 18.1. The fraction of sp³-hybridized carbons (Fsp3) is 0.0769. The van der Waals surface area contributed by atoms with Gasteiger partial charge in [0.2, 0.25) is 0 Å². The molecule has 3 aromatic carbocycles. The first kappa shape index (κ1) is 19.8. The summed E-state index contributed by atoms with van der Waals surface area (Å²) in [6, 6.07) is 25.2. The monoisotopic (exact) mass is 411 g/mol. The minimum atomic E-state index is -0.0604. The fourth-order valence-corrected chi connectivity index (χ4v) is 4.06. The predicted octanol–water partition coefficient (Wildman–Crippen LogP) is 6.67. The van der Waals surface area contributed by atoms with Gasteiger partial charge in [0.25, 0.3) is 0 Å². The van der Waals surface area contributed by atoms with E-state index in [2.05, 4.69) is 0 Å². The fourth-order valence-electron chi connectivity index (χ4n) is 3.08. The Bertz CT molecular complexity index is 1170. The molecule has 0 aliphatic carbocycles. The van der Waals surface area contributed by atoms with Gasteiger partial charge in [-0.1, -0.05) is 54.6 Å². The van der Waals surface area contributed by atoms with E-state index in [1.165, 1.54) is 11.3 Å². The Morgan fingerprint density at radius 3 is 2.43 bits per heavy atom. The maximum absolute atomic E-state index is 13.4. The maximum atomic E-state index is 13.4. The first-order valence-electron chi connectivity index (χ1n) is 9.81. The third kappa shape index (κ3) is 4.56. The molecule has 1 heterocycles. The number of para-hydroxylation sites is 1. The zero-order valence-electron chi connectivity index (χ0n) is 16.6. The molecule has 0 unspecified atom stereocenters. The minimum Gasteiger partial charge on any atom is -0.494 e. The number of nitrogens with zero attached hydrogens (tertiary/aromatic N) is 1. The molecular weight excluding hydrogens is 390 g/mol. The van der Waals surface area contributed by atoms with Gasteiger partial charge in [-0.3, -0.25) is 4.79 Å². The number of aromatic nitrogens is 1. The van der Waals surface area contributed by atoms with Crippen LogP contribution in [0, 0.1) is 0 Å². The third-order valence-corrected chi connectivity index (χ3v) is 5.62. The van der Waals surface area contributed by atoms with Crippen LogP contribution in [0.15, 0.2) is 91.0 Å². The van der Waals surface area contributed by atoms with E-state index in [4.69, 9.17) is 9.72 Å². The van der Waals surface area contributed by atoms with Gasteiger partial charge in [0.1, 0.15) is 10.8 Å². The minimum absolute atomic E-state index is 0.0604. The number of ketones is 1. The van der Waals surface area contributed by atoms with Gasteiger partial charge in [-0.25, -0.2) is 4.98 Å². The molecule has 0 bridgehead atoms. The van der Waals surface area contributed by atoms with Crippen LogP contribution in [0.3, 0.4) is 0 Å². The highest BCUT2D eigenvalue weighted by atomic mass is 32.1. The molecule has 1 aromatic heterocycles. The van der Waals surface area contributed by atoms with Crippen LogP contribution in [-0.4, -0.2) is 17.4 Å². The van der Waals surface area contributed by atoms with Crippen LogP contribution in [0.4, 0.5) is 0 Å². The maximum Gasteiger partial charge on any atom is 0.196 e. The number of rotatable bonds is 7. The van der Waals surface area contributed by atoms with Crippen molar-refractivity contribution in [3.63, 3.8) is 0 Å². The molecule has 0 N–H and O–H groups in total. The molecule has 4 rings (SSSR count). The lowest BCUT2D eigenvalue weighted by molar-refractivity contribution is 0.105. The van der Waals surface area contributed by atoms with Crippen molar-refractivity contribution < 1.29 is 9.53 Å². The Hall–Kier alpha value is -3.50. The summed E-state index contributed by atoms with van der Waals surface area (Å²) in [5, 5.41) is 0.716. The number of hydrogen-bond acceptors (Lipinski definition) is 4. The number of ether oxygens (including phenoxy) is 1. The standard InChI is InChI=1S/C26H21NO2S/c1-2-29-21-17-15-20(16-18-21)25(28)22(12-8-11-19-9-4-3-5-10-19)26-27-23-13-6-7-14-24(23)30-26/h3-18H,2H2,1H3. The largest absolute Gasteiger partial charge is 0.494 e. The normalized spacial score (nSPS) is 11.8. The first-order valence-corrected chi connectivity index (χ1v) is 10.6. The summed E-state index contributed by atoms with van der Waals surface area (Å²) in [7, 11) is 0. The Balaban J connectivity index is 1.71. The van der Waals surface area contributed by atoms with Crippen molar-refractivity contribution in [2.45, 2.75) is 6.92 Å². The van der Waals surface area contributed by atoms with Gasteiger partial charge in [-0.2, -0.15) is 0 Å². The van der Waals surface area contributed by atoms with E-state index in [1.807, 2.05) is 91.9 Å². The average Bonchev–Trinajstić information content (AvgIpc) is 3.22. The first-order chi connectivity index (χ1) is 14.7. The molecule has 0 spiro atoms. The van der Waals surface area contributed by atoms with Crippen LogP contribution in [0.5, 0.6) is 5.75 Å². The van der Waals surface area contributed by atoms with E-state index in [0.29, 0.717) is 22.8 Å². The van der Waals surface area contributed by atoms with Gasteiger partial charge in [-0.05, 0) is 55.0 Å². The molecule has 0 radical (unpaired) electrons. The SMILES string of the molecule is CCOc1ccc(C(=O)C(=CC=Cc2ccccc2)c2nc3ccccc3s2)cc1. The molecule has 30 heavy (non-hydrogen) atoms. The van der Waals surface area contributed by atoms with E-state index in [-0.39, 0.29) is 5.78 Å². The number of thiazole rings is 1. The summed E-state index contributed by atoms with van der Waals surface area (Å²) >= 11 is 1.53. The van der Waals surface area contributed by atoms with Crippen LogP contribution in [0.25, 0.3) is 21.9 Å². The van der Waals surface area contributed by atoms with Gasteiger partial charge in [-0.15, -0.1) is 11.3 Å². The van der Waals surface area contributed by atoms with Crippen LogP contribution in [0.2, 0.25) is 0 Å². The number of allylic oxidation sites excluding steroid dienone is 3. The second-order valence-electron chi connectivity index (χ2n) is 6.62. The van der Waals surface area contributed by atoms with Crippen molar-refractivity contribution in [3.8, 4) is 5.75 Å². The molecule has 0 saturated carbocycles. The quantitative estimate of drug-likeness (QED) is 0.194. The summed E-state index contributed by atoms with van der Waals surface area (Å²) in [5.41, 5.74) is 3.16. The summed E-state index contributed by atoms with van der Waals surface area (Å²) in [6.07, 6.45) is 5.74. The van der Waals surface area contributed by atoms with Crippen molar-refractivity contribution in [3.05, 3.63) is 107 Å². The lowest BCUT2D eigenvalue weighted by atomic mass is 10.0. The summed E-state index contributed by atoms with van der Waals surface area (Å²) < 4.78 is 6.55. The van der Waals surface area contributed by atoms with E-state index >= 15 is 0 Å². The number of fused-ring (bicyclic) bond motifs is 1. The van der Waals surface area contributed by atoms with E-state index in [0.717, 1.165) is 21.5 Å². The number of Topliss-reactive ketones (excluding diaryl/α,β-unsaturated/α-hetero) is 1. The second-order valence-corrected chi connectivity index (χ2v) is 7.65. The lowest BCUT2D eigenvalue weighted by Gasteiger charge is -2.06.